The highest BCUT2D eigenvalue weighted by molar-refractivity contribution is 5.92. The number of aliphatic hydroxyl groups excluding tert-OH is 1. The lowest BCUT2D eigenvalue weighted by Gasteiger charge is -2.61. The molecule has 0 amide bonds. The van der Waals surface area contributed by atoms with Gasteiger partial charge in [0.2, 0.25) is 5.78 Å². The van der Waals surface area contributed by atoms with E-state index in [0.717, 1.165) is 51.4 Å². The molecular formula is C26H40O6. The van der Waals surface area contributed by atoms with E-state index < -0.39 is 17.4 Å². The molecule has 6 heteroatoms. The molecular weight excluding hydrogens is 408 g/mol. The van der Waals surface area contributed by atoms with Crippen LogP contribution in [0.15, 0.2) is 0 Å². The fourth-order valence-electron chi connectivity index (χ4n) is 9.11. The minimum Gasteiger partial charge on any atom is -0.458 e. The maximum atomic E-state index is 13.7. The third-order valence-corrected chi connectivity index (χ3v) is 10.5. The maximum Gasteiger partial charge on any atom is 0.303 e. The number of Topliss-reactive ketones (excluding diaryl/α,β-unsaturated/α-hetero) is 1. The van der Waals surface area contributed by atoms with Gasteiger partial charge in [0.25, 0.3) is 0 Å². The van der Waals surface area contributed by atoms with Gasteiger partial charge in [-0.3, -0.25) is 9.59 Å². The fraction of sp³-hybridized carbons (Fsp3) is 0.923. The Morgan fingerprint density at radius 3 is 2.47 bits per heavy atom. The highest BCUT2D eigenvalue weighted by Gasteiger charge is 2.76. The van der Waals surface area contributed by atoms with Crippen molar-refractivity contribution < 1.29 is 28.9 Å². The first-order valence-electron chi connectivity index (χ1n) is 12.7. The molecule has 4 aliphatic carbocycles. The second-order valence-corrected chi connectivity index (χ2v) is 12.3. The van der Waals surface area contributed by atoms with E-state index in [4.69, 9.17) is 14.2 Å². The molecule has 0 radical (unpaired) electrons. The van der Waals surface area contributed by atoms with E-state index in [1.807, 2.05) is 13.8 Å². The average molecular weight is 449 g/mol. The van der Waals surface area contributed by atoms with Crippen LogP contribution in [0.5, 0.6) is 0 Å². The van der Waals surface area contributed by atoms with Gasteiger partial charge in [-0.15, -0.1) is 0 Å². The van der Waals surface area contributed by atoms with Crippen molar-refractivity contribution in [3.8, 4) is 0 Å². The topological polar surface area (TPSA) is 82.1 Å². The van der Waals surface area contributed by atoms with E-state index in [2.05, 4.69) is 13.8 Å². The van der Waals surface area contributed by atoms with Crippen molar-refractivity contribution in [1.29, 1.82) is 0 Å². The van der Waals surface area contributed by atoms with E-state index in [0.29, 0.717) is 23.7 Å². The number of hydrogen-bond donors (Lipinski definition) is 1. The molecule has 180 valence electrons. The minimum absolute atomic E-state index is 0.143. The monoisotopic (exact) mass is 448 g/mol. The summed E-state index contributed by atoms with van der Waals surface area (Å²) < 4.78 is 18.1. The molecule has 0 spiro atoms. The number of esters is 1. The molecule has 1 N–H and O–H groups in total. The summed E-state index contributed by atoms with van der Waals surface area (Å²) in [6.07, 6.45) is 7.66. The van der Waals surface area contributed by atoms with Crippen molar-refractivity contribution >= 4 is 11.8 Å². The van der Waals surface area contributed by atoms with Crippen LogP contribution >= 0.6 is 0 Å². The Labute approximate surface area is 191 Å². The van der Waals surface area contributed by atoms with Crippen LogP contribution in [0.25, 0.3) is 0 Å². The summed E-state index contributed by atoms with van der Waals surface area (Å²) in [5.41, 5.74) is -1.11. The number of rotatable bonds is 3. The summed E-state index contributed by atoms with van der Waals surface area (Å²) in [6, 6.07) is 0. The Kier molecular flexibility index (Phi) is 5.17. The van der Waals surface area contributed by atoms with Crippen molar-refractivity contribution in [3.63, 3.8) is 0 Å². The van der Waals surface area contributed by atoms with Gasteiger partial charge < -0.3 is 19.3 Å². The SMILES string of the molecule is CC(=O)OCC(=O)[C@@]12OC(C)(C)O[C@@H]1C[C@@H]1[C@@H]3CC[C@@H]4C[C@H](O)CC[C@]4(C)[C@H]3CC[C@@]12C. The third kappa shape index (κ3) is 3.01. The lowest BCUT2D eigenvalue weighted by atomic mass is 9.44. The van der Waals surface area contributed by atoms with Gasteiger partial charge in [0.15, 0.2) is 18.0 Å². The summed E-state index contributed by atoms with van der Waals surface area (Å²) in [4.78, 5) is 25.1. The minimum atomic E-state index is -1.05. The molecule has 32 heavy (non-hydrogen) atoms. The zero-order chi connectivity index (χ0) is 23.1. The summed E-state index contributed by atoms with van der Waals surface area (Å²) in [7, 11) is 0. The van der Waals surface area contributed by atoms with Crippen molar-refractivity contribution in [2.24, 2.45) is 34.5 Å². The zero-order valence-corrected chi connectivity index (χ0v) is 20.3. The molecule has 1 saturated heterocycles. The Morgan fingerprint density at radius 1 is 1.00 bits per heavy atom. The molecule has 5 aliphatic rings. The molecule has 1 aliphatic heterocycles. The summed E-state index contributed by atoms with van der Waals surface area (Å²) in [6.45, 7) is 9.56. The zero-order valence-electron chi connectivity index (χ0n) is 20.3. The van der Waals surface area contributed by atoms with E-state index in [1.165, 1.54) is 6.92 Å². The fourth-order valence-corrected chi connectivity index (χ4v) is 9.11. The maximum absolute atomic E-state index is 13.7. The van der Waals surface area contributed by atoms with E-state index in [9.17, 15) is 14.7 Å². The molecule has 5 fully saturated rings. The average Bonchev–Trinajstić information content (AvgIpc) is 3.12. The molecule has 4 saturated carbocycles. The van der Waals surface area contributed by atoms with Gasteiger partial charge in [-0.2, -0.15) is 0 Å². The third-order valence-electron chi connectivity index (χ3n) is 10.5. The van der Waals surface area contributed by atoms with Crippen LogP contribution < -0.4 is 0 Å². The standard InChI is InChI=1S/C26H40O6/c1-15(27)30-14-21(29)26-22(31-23(2,3)32-26)13-20-18-7-6-16-12-17(28)8-10-24(16,4)19(18)9-11-25(20,26)5/h16-20,22,28H,6-14H2,1-5H3/t16-,17-,18-,19+,20-,22-,24+,25+,26-/m1/s1. The second-order valence-electron chi connectivity index (χ2n) is 12.3. The molecule has 1 heterocycles. The largest absolute Gasteiger partial charge is 0.458 e. The lowest BCUT2D eigenvalue weighted by Crippen LogP contribution is -2.62. The van der Waals surface area contributed by atoms with Crippen molar-refractivity contribution in [2.75, 3.05) is 6.61 Å². The van der Waals surface area contributed by atoms with Crippen LogP contribution in [0.3, 0.4) is 0 Å². The van der Waals surface area contributed by atoms with Crippen LogP contribution in [-0.2, 0) is 23.8 Å². The molecule has 0 aromatic heterocycles. The molecule has 9 atom stereocenters. The molecule has 6 nitrogen and oxygen atoms in total. The van der Waals surface area contributed by atoms with E-state index >= 15 is 0 Å². The molecule has 5 rings (SSSR count). The Balaban J connectivity index is 1.48. The van der Waals surface area contributed by atoms with E-state index in [1.54, 1.807) is 0 Å². The van der Waals surface area contributed by atoms with Crippen molar-refractivity contribution in [1.82, 2.24) is 0 Å². The molecule has 0 aromatic carbocycles. The number of fused-ring (bicyclic) bond motifs is 7. The predicted octanol–water partition coefficient (Wildman–Crippen LogP) is 4.02. The van der Waals surface area contributed by atoms with Gasteiger partial charge in [-0.1, -0.05) is 13.8 Å². The first-order chi connectivity index (χ1) is 14.9. The first kappa shape index (κ1) is 22.8. The number of carbonyl (C=O) groups is 2. The highest BCUT2D eigenvalue weighted by atomic mass is 16.8. The van der Waals surface area contributed by atoms with Gasteiger partial charge in [0.1, 0.15) is 0 Å². The highest BCUT2D eigenvalue weighted by Crippen LogP contribution is 2.71. The smallest absolute Gasteiger partial charge is 0.303 e. The van der Waals surface area contributed by atoms with Gasteiger partial charge in [0, 0.05) is 12.3 Å². The number of ether oxygens (including phenoxy) is 3. The Morgan fingerprint density at radius 2 is 1.75 bits per heavy atom. The number of carbonyl (C=O) groups excluding carboxylic acids is 2. The second kappa shape index (κ2) is 7.26. The number of aliphatic hydroxyl groups is 1. The molecule has 0 aromatic rings. The Bertz CT molecular complexity index is 808. The summed E-state index contributed by atoms with van der Waals surface area (Å²) >= 11 is 0. The quantitative estimate of drug-likeness (QED) is 0.657. The predicted molar refractivity (Wildman–Crippen MR) is 118 cm³/mol. The number of hydrogen-bond acceptors (Lipinski definition) is 6. The van der Waals surface area contributed by atoms with Gasteiger partial charge in [-0.05, 0) is 94.3 Å². The van der Waals surface area contributed by atoms with Crippen molar-refractivity contribution in [2.45, 2.75) is 110 Å². The van der Waals surface area contributed by atoms with Gasteiger partial charge >= 0.3 is 5.97 Å². The van der Waals surface area contributed by atoms with E-state index in [-0.39, 0.29) is 35.4 Å². The molecule has 0 bridgehead atoms. The summed E-state index contributed by atoms with van der Waals surface area (Å²) in [5.74, 6) is 0.705. The first-order valence-corrected chi connectivity index (χ1v) is 12.7. The van der Waals surface area contributed by atoms with Gasteiger partial charge in [0.05, 0.1) is 12.2 Å². The van der Waals surface area contributed by atoms with Crippen LogP contribution in [-0.4, -0.2) is 47.1 Å². The summed E-state index contributed by atoms with van der Waals surface area (Å²) in [5, 5.41) is 10.3. The van der Waals surface area contributed by atoms with Crippen LogP contribution in [0.1, 0.15) is 86.0 Å². The lowest BCUT2D eigenvalue weighted by molar-refractivity contribution is -0.221. The van der Waals surface area contributed by atoms with Crippen LogP contribution in [0.4, 0.5) is 0 Å². The number of ketones is 1. The molecule has 0 unspecified atom stereocenters. The van der Waals surface area contributed by atoms with Crippen molar-refractivity contribution in [3.05, 3.63) is 0 Å². The normalized spacial score (nSPS) is 51.2. The van der Waals surface area contributed by atoms with Crippen LogP contribution in [0, 0.1) is 34.5 Å². The van der Waals surface area contributed by atoms with Gasteiger partial charge in [-0.25, -0.2) is 0 Å². The van der Waals surface area contributed by atoms with Crippen LogP contribution in [0.2, 0.25) is 0 Å². The Hall–Kier alpha value is -0.980.